The maximum Gasteiger partial charge on any atom is 0.354 e. The van der Waals surface area contributed by atoms with Crippen molar-refractivity contribution in [3.8, 4) is 0 Å². The van der Waals surface area contributed by atoms with Crippen LogP contribution < -0.4 is 5.32 Å². The second-order valence-corrected chi connectivity index (χ2v) is 6.72. The van der Waals surface area contributed by atoms with E-state index in [2.05, 4.69) is 36.2 Å². The van der Waals surface area contributed by atoms with Crippen molar-refractivity contribution in [2.75, 3.05) is 0 Å². The van der Waals surface area contributed by atoms with E-state index in [9.17, 15) is 9.59 Å². The van der Waals surface area contributed by atoms with Gasteiger partial charge in [-0.25, -0.2) is 9.78 Å². The normalized spacial score (nSPS) is 12.7. The SMILES string of the molecule is Cc1nn(C(C)(C)C)cc1C(C)NC(=O)c1ccnc(C(=O)O)c1. The van der Waals surface area contributed by atoms with Crippen LogP contribution in [0.1, 0.15) is 65.8 Å². The van der Waals surface area contributed by atoms with Gasteiger partial charge < -0.3 is 10.4 Å². The standard InChI is InChI=1S/C17H22N4O3/c1-10(13-9-21(17(3,4)5)20-11(13)2)19-15(22)12-6-7-18-14(8-12)16(23)24/h6-10H,1-5H3,(H,19,22)(H,23,24). The maximum atomic E-state index is 12.4. The Morgan fingerprint density at radius 1 is 1.33 bits per heavy atom. The Morgan fingerprint density at radius 2 is 2.00 bits per heavy atom. The van der Waals surface area contributed by atoms with E-state index in [1.54, 1.807) is 0 Å². The van der Waals surface area contributed by atoms with Crippen molar-refractivity contribution in [1.29, 1.82) is 0 Å². The van der Waals surface area contributed by atoms with Crippen LogP contribution in [0.2, 0.25) is 0 Å². The molecule has 2 N–H and O–H groups in total. The van der Waals surface area contributed by atoms with Crippen LogP contribution >= 0.6 is 0 Å². The van der Waals surface area contributed by atoms with Crippen molar-refractivity contribution in [3.05, 3.63) is 47.0 Å². The summed E-state index contributed by atoms with van der Waals surface area (Å²) in [5.41, 5.74) is 1.72. The number of aryl methyl sites for hydroxylation is 1. The number of carboxylic acid groups (broad SMARTS) is 1. The molecule has 0 aliphatic rings. The Kier molecular flexibility index (Phi) is 4.73. The van der Waals surface area contributed by atoms with Crippen molar-refractivity contribution < 1.29 is 14.7 Å². The molecule has 0 fully saturated rings. The van der Waals surface area contributed by atoms with Gasteiger partial charge in [-0.1, -0.05) is 0 Å². The van der Waals surface area contributed by atoms with Crippen LogP contribution in [0.3, 0.4) is 0 Å². The highest BCUT2D eigenvalue weighted by atomic mass is 16.4. The Bertz CT molecular complexity index is 774. The Morgan fingerprint density at radius 3 is 2.54 bits per heavy atom. The van der Waals surface area contributed by atoms with Crippen molar-refractivity contribution >= 4 is 11.9 Å². The zero-order valence-electron chi connectivity index (χ0n) is 14.5. The largest absolute Gasteiger partial charge is 0.477 e. The van der Waals surface area contributed by atoms with Crippen LogP contribution in [0.5, 0.6) is 0 Å². The van der Waals surface area contributed by atoms with E-state index in [1.807, 2.05) is 24.7 Å². The van der Waals surface area contributed by atoms with E-state index in [-0.39, 0.29) is 28.7 Å². The van der Waals surface area contributed by atoms with E-state index in [0.717, 1.165) is 11.3 Å². The third-order valence-corrected chi connectivity index (χ3v) is 3.68. The van der Waals surface area contributed by atoms with E-state index < -0.39 is 5.97 Å². The fourth-order valence-electron chi connectivity index (χ4n) is 2.29. The minimum absolute atomic E-state index is 0.145. The summed E-state index contributed by atoms with van der Waals surface area (Å²) in [5.74, 6) is -1.52. The highest BCUT2D eigenvalue weighted by molar-refractivity contribution is 5.96. The molecule has 2 aromatic rings. The zero-order valence-corrected chi connectivity index (χ0v) is 14.5. The zero-order chi connectivity index (χ0) is 18.1. The molecule has 0 radical (unpaired) electrons. The number of hydrogen-bond donors (Lipinski definition) is 2. The minimum Gasteiger partial charge on any atom is -0.477 e. The van der Waals surface area contributed by atoms with Crippen LogP contribution in [-0.4, -0.2) is 31.7 Å². The topological polar surface area (TPSA) is 97.1 Å². The van der Waals surface area contributed by atoms with Crippen LogP contribution in [0.25, 0.3) is 0 Å². The number of aromatic carboxylic acids is 1. The molecule has 7 nitrogen and oxygen atoms in total. The maximum absolute atomic E-state index is 12.4. The van der Waals surface area contributed by atoms with E-state index >= 15 is 0 Å². The van der Waals surface area contributed by atoms with Gasteiger partial charge in [-0.05, 0) is 46.8 Å². The molecule has 0 aromatic carbocycles. The van der Waals surface area contributed by atoms with Gasteiger partial charge in [-0.2, -0.15) is 5.10 Å². The van der Waals surface area contributed by atoms with E-state index in [1.165, 1.54) is 18.3 Å². The molecule has 1 atom stereocenters. The summed E-state index contributed by atoms with van der Waals surface area (Å²) in [7, 11) is 0. The molecule has 24 heavy (non-hydrogen) atoms. The summed E-state index contributed by atoms with van der Waals surface area (Å²) < 4.78 is 1.87. The summed E-state index contributed by atoms with van der Waals surface area (Å²) in [6.07, 6.45) is 3.24. The number of carbonyl (C=O) groups excluding carboxylic acids is 1. The van der Waals surface area contributed by atoms with Gasteiger partial charge in [0.1, 0.15) is 5.69 Å². The number of amides is 1. The lowest BCUT2D eigenvalue weighted by atomic mass is 10.1. The molecule has 0 aliphatic carbocycles. The molecule has 0 aliphatic heterocycles. The number of carboxylic acids is 1. The predicted molar refractivity (Wildman–Crippen MR) is 89.0 cm³/mol. The quantitative estimate of drug-likeness (QED) is 0.898. The fraction of sp³-hybridized carbons (Fsp3) is 0.412. The first-order valence-corrected chi connectivity index (χ1v) is 7.66. The third-order valence-electron chi connectivity index (χ3n) is 3.68. The molecule has 2 aromatic heterocycles. The molecule has 0 saturated carbocycles. The summed E-state index contributed by atoms with van der Waals surface area (Å²) in [6.45, 7) is 9.92. The summed E-state index contributed by atoms with van der Waals surface area (Å²) in [6, 6.07) is 2.49. The first-order valence-electron chi connectivity index (χ1n) is 7.66. The summed E-state index contributed by atoms with van der Waals surface area (Å²) in [4.78, 5) is 27.0. The molecular weight excluding hydrogens is 308 g/mol. The molecule has 2 heterocycles. The van der Waals surface area contributed by atoms with Crippen LogP contribution in [0.15, 0.2) is 24.5 Å². The van der Waals surface area contributed by atoms with E-state index in [4.69, 9.17) is 5.11 Å². The summed E-state index contributed by atoms with van der Waals surface area (Å²) >= 11 is 0. The van der Waals surface area contributed by atoms with Gasteiger partial charge in [-0.15, -0.1) is 0 Å². The molecule has 1 amide bonds. The van der Waals surface area contributed by atoms with Crippen molar-refractivity contribution in [2.24, 2.45) is 0 Å². The van der Waals surface area contributed by atoms with Crippen LogP contribution in [0.4, 0.5) is 0 Å². The second kappa shape index (κ2) is 6.43. The molecule has 1 unspecified atom stereocenters. The lowest BCUT2D eigenvalue weighted by Gasteiger charge is -2.19. The fourth-order valence-corrected chi connectivity index (χ4v) is 2.29. The smallest absolute Gasteiger partial charge is 0.354 e. The Labute approximate surface area is 140 Å². The predicted octanol–water partition coefficient (Wildman–Crippen LogP) is 2.53. The Hall–Kier alpha value is -2.70. The molecule has 0 spiro atoms. The lowest BCUT2D eigenvalue weighted by molar-refractivity contribution is 0.0690. The molecule has 128 valence electrons. The van der Waals surface area contributed by atoms with Gasteiger partial charge in [0.2, 0.25) is 0 Å². The van der Waals surface area contributed by atoms with Crippen molar-refractivity contribution in [1.82, 2.24) is 20.1 Å². The van der Waals surface area contributed by atoms with Gasteiger partial charge in [0, 0.05) is 23.5 Å². The van der Waals surface area contributed by atoms with Crippen LogP contribution in [0, 0.1) is 6.92 Å². The number of nitrogens with zero attached hydrogens (tertiary/aromatic N) is 3. The van der Waals surface area contributed by atoms with Gasteiger partial charge >= 0.3 is 5.97 Å². The van der Waals surface area contributed by atoms with Gasteiger partial charge in [0.25, 0.3) is 5.91 Å². The molecule has 2 rings (SSSR count). The molecule has 0 saturated heterocycles. The number of pyridine rings is 1. The minimum atomic E-state index is -1.17. The van der Waals surface area contributed by atoms with Gasteiger partial charge in [0.15, 0.2) is 0 Å². The highest BCUT2D eigenvalue weighted by Crippen LogP contribution is 2.21. The van der Waals surface area contributed by atoms with Crippen LogP contribution in [-0.2, 0) is 5.54 Å². The number of carbonyl (C=O) groups is 2. The lowest BCUT2D eigenvalue weighted by Crippen LogP contribution is -2.27. The van der Waals surface area contributed by atoms with E-state index in [0.29, 0.717) is 0 Å². The highest BCUT2D eigenvalue weighted by Gasteiger charge is 2.21. The summed E-state index contributed by atoms with van der Waals surface area (Å²) in [5, 5.41) is 16.3. The molecular formula is C17H22N4O3. The Balaban J connectivity index is 2.19. The van der Waals surface area contributed by atoms with Crippen molar-refractivity contribution in [2.45, 2.75) is 46.2 Å². The first-order chi connectivity index (χ1) is 11.1. The van der Waals surface area contributed by atoms with Gasteiger partial charge in [0.05, 0.1) is 17.3 Å². The first kappa shape index (κ1) is 17.7. The monoisotopic (exact) mass is 330 g/mol. The van der Waals surface area contributed by atoms with Crippen molar-refractivity contribution in [3.63, 3.8) is 0 Å². The van der Waals surface area contributed by atoms with Gasteiger partial charge in [-0.3, -0.25) is 9.48 Å². The third kappa shape index (κ3) is 3.79. The molecule has 0 bridgehead atoms. The average molecular weight is 330 g/mol. The number of nitrogens with one attached hydrogen (secondary N) is 1. The number of rotatable bonds is 4. The molecule has 7 heteroatoms. The second-order valence-electron chi connectivity index (χ2n) is 6.72. The number of hydrogen-bond acceptors (Lipinski definition) is 4. The number of aromatic nitrogens is 3. The average Bonchev–Trinajstić information content (AvgIpc) is 2.89.